The minimum absolute atomic E-state index is 0.0545. The van der Waals surface area contributed by atoms with Crippen LogP contribution < -0.4 is 15.8 Å². The van der Waals surface area contributed by atoms with Gasteiger partial charge in [-0.15, -0.1) is 0 Å². The van der Waals surface area contributed by atoms with E-state index in [2.05, 4.69) is 20.3 Å². The van der Waals surface area contributed by atoms with Crippen LogP contribution in [0.4, 0.5) is 11.4 Å². The maximum atomic E-state index is 12.4. The van der Waals surface area contributed by atoms with Gasteiger partial charge in [-0.25, -0.2) is 13.1 Å². The van der Waals surface area contributed by atoms with Gasteiger partial charge in [0.1, 0.15) is 0 Å². The van der Waals surface area contributed by atoms with Crippen molar-refractivity contribution in [3.63, 3.8) is 0 Å². The van der Waals surface area contributed by atoms with E-state index in [0.29, 0.717) is 31.6 Å². The van der Waals surface area contributed by atoms with Crippen LogP contribution in [0.15, 0.2) is 69.7 Å². The van der Waals surface area contributed by atoms with Crippen LogP contribution in [0.3, 0.4) is 0 Å². The number of nitrogens with zero attached hydrogens (tertiary/aromatic N) is 2. The van der Waals surface area contributed by atoms with Crippen molar-refractivity contribution in [1.82, 2.24) is 10.0 Å². The lowest BCUT2D eigenvalue weighted by molar-refractivity contribution is -0.121. The molecule has 0 radical (unpaired) electrons. The first-order chi connectivity index (χ1) is 16.0. The molecule has 4 N–H and O–H groups in total. The molecule has 0 atom stereocenters. The smallest absolute Gasteiger partial charge is 0.240 e. The van der Waals surface area contributed by atoms with Gasteiger partial charge in [0.2, 0.25) is 15.9 Å². The topological polar surface area (TPSA) is 126 Å². The molecule has 8 nitrogen and oxygen atoms in total. The average Bonchev–Trinajstić information content (AvgIpc) is 2.83. The standard InChI is InChI=1S/C24H35N5O3S/c25-18-8-1-2-9-19-26-24(30)13-7-4-10-20-27-33(31,32)23-16-14-22(15-17-23)29-28-21-11-5-3-6-12-21/h3,5-6,11-12,14-17,27H,1-2,4,7-10,13,18-20,25H2,(H,26,30). The number of benzene rings is 2. The number of nitrogens with one attached hydrogen (secondary N) is 2. The quantitative estimate of drug-likeness (QED) is 0.244. The summed E-state index contributed by atoms with van der Waals surface area (Å²) in [6, 6.07) is 15.6. The molecule has 2 rings (SSSR count). The molecule has 9 heteroatoms. The van der Waals surface area contributed by atoms with E-state index in [1.807, 2.05) is 30.3 Å². The highest BCUT2D eigenvalue weighted by Gasteiger charge is 2.13. The molecule has 0 aliphatic heterocycles. The molecule has 0 saturated carbocycles. The van der Waals surface area contributed by atoms with Crippen LogP contribution in [0.1, 0.15) is 51.4 Å². The van der Waals surface area contributed by atoms with E-state index in [1.165, 1.54) is 12.1 Å². The van der Waals surface area contributed by atoms with Crippen LogP contribution in [0.5, 0.6) is 0 Å². The SMILES string of the molecule is NCCCCCCNC(=O)CCCCCNS(=O)(=O)c1ccc(N=Nc2ccccc2)cc1. The molecule has 0 unspecified atom stereocenters. The highest BCUT2D eigenvalue weighted by atomic mass is 32.2. The maximum absolute atomic E-state index is 12.4. The lowest BCUT2D eigenvalue weighted by Crippen LogP contribution is -2.25. The molecule has 0 aromatic heterocycles. The molecular formula is C24H35N5O3S. The molecule has 2 aromatic carbocycles. The highest BCUT2D eigenvalue weighted by Crippen LogP contribution is 2.20. The maximum Gasteiger partial charge on any atom is 0.240 e. The Bertz CT molecular complexity index is 948. The number of sulfonamides is 1. The van der Waals surface area contributed by atoms with E-state index < -0.39 is 10.0 Å². The number of hydrogen-bond donors (Lipinski definition) is 3. The third-order valence-electron chi connectivity index (χ3n) is 5.01. The largest absolute Gasteiger partial charge is 0.356 e. The number of carbonyl (C=O) groups is 1. The summed E-state index contributed by atoms with van der Waals surface area (Å²) in [5.41, 5.74) is 6.76. The zero-order chi connectivity index (χ0) is 23.8. The van der Waals surface area contributed by atoms with Crippen molar-refractivity contribution in [2.24, 2.45) is 16.0 Å². The van der Waals surface area contributed by atoms with Gasteiger partial charge in [-0.3, -0.25) is 4.79 Å². The molecule has 0 aliphatic rings. The van der Waals surface area contributed by atoms with Crippen LogP contribution in [-0.2, 0) is 14.8 Å². The minimum Gasteiger partial charge on any atom is -0.356 e. The fraction of sp³-hybridized carbons (Fsp3) is 0.458. The second-order valence-electron chi connectivity index (χ2n) is 7.79. The summed E-state index contributed by atoms with van der Waals surface area (Å²) in [6.45, 7) is 1.76. The zero-order valence-electron chi connectivity index (χ0n) is 19.1. The van der Waals surface area contributed by atoms with Crippen LogP contribution in [0.2, 0.25) is 0 Å². The van der Waals surface area contributed by atoms with Gasteiger partial charge < -0.3 is 11.1 Å². The molecular weight excluding hydrogens is 438 g/mol. The van der Waals surface area contributed by atoms with E-state index >= 15 is 0 Å². The fourth-order valence-electron chi connectivity index (χ4n) is 3.12. The molecule has 0 fully saturated rings. The zero-order valence-corrected chi connectivity index (χ0v) is 19.9. The number of azo groups is 1. The van der Waals surface area contributed by atoms with Crippen molar-refractivity contribution in [3.8, 4) is 0 Å². The molecule has 0 spiro atoms. The van der Waals surface area contributed by atoms with Crippen molar-refractivity contribution >= 4 is 27.3 Å². The monoisotopic (exact) mass is 473 g/mol. The van der Waals surface area contributed by atoms with E-state index in [9.17, 15) is 13.2 Å². The first kappa shape index (κ1) is 26.6. The second-order valence-corrected chi connectivity index (χ2v) is 9.56. The summed E-state index contributed by atoms with van der Waals surface area (Å²) in [6.07, 6.45) is 6.86. The van der Waals surface area contributed by atoms with Crippen LogP contribution in [0, 0.1) is 0 Å². The molecule has 0 aliphatic carbocycles. The molecule has 180 valence electrons. The first-order valence-electron chi connectivity index (χ1n) is 11.5. The minimum atomic E-state index is -3.58. The Morgan fingerprint density at radius 1 is 0.758 bits per heavy atom. The number of carbonyl (C=O) groups excluding carboxylic acids is 1. The summed E-state index contributed by atoms with van der Waals surface area (Å²) in [7, 11) is -3.58. The van der Waals surface area contributed by atoms with Crippen molar-refractivity contribution < 1.29 is 13.2 Å². The second kappa shape index (κ2) is 15.3. The Morgan fingerprint density at radius 2 is 1.36 bits per heavy atom. The van der Waals surface area contributed by atoms with Gasteiger partial charge in [0, 0.05) is 19.5 Å². The summed E-state index contributed by atoms with van der Waals surface area (Å²) in [5, 5.41) is 11.2. The third kappa shape index (κ3) is 11.2. The van der Waals surface area contributed by atoms with Gasteiger partial charge in [-0.1, -0.05) is 37.5 Å². The number of hydrogen-bond acceptors (Lipinski definition) is 6. The molecule has 0 bridgehead atoms. The Kier molecular flexibility index (Phi) is 12.3. The predicted octanol–water partition coefficient (Wildman–Crippen LogP) is 4.58. The molecule has 33 heavy (non-hydrogen) atoms. The Morgan fingerprint density at radius 3 is 2.06 bits per heavy atom. The highest BCUT2D eigenvalue weighted by molar-refractivity contribution is 7.89. The molecule has 2 aromatic rings. The van der Waals surface area contributed by atoms with E-state index in [-0.39, 0.29) is 10.8 Å². The van der Waals surface area contributed by atoms with Gasteiger partial charge in [0.05, 0.1) is 16.3 Å². The van der Waals surface area contributed by atoms with Crippen LogP contribution >= 0.6 is 0 Å². The van der Waals surface area contributed by atoms with Crippen LogP contribution in [0.25, 0.3) is 0 Å². The number of unbranched alkanes of at least 4 members (excludes halogenated alkanes) is 5. The summed E-state index contributed by atoms with van der Waals surface area (Å²) in [4.78, 5) is 12.0. The van der Waals surface area contributed by atoms with Crippen molar-refractivity contribution in [2.45, 2.75) is 56.3 Å². The van der Waals surface area contributed by atoms with Crippen molar-refractivity contribution in [1.29, 1.82) is 0 Å². The van der Waals surface area contributed by atoms with Gasteiger partial charge in [0.15, 0.2) is 0 Å². The Labute approximate surface area is 197 Å². The van der Waals surface area contributed by atoms with Gasteiger partial charge in [0.25, 0.3) is 0 Å². The summed E-state index contributed by atoms with van der Waals surface area (Å²) in [5.74, 6) is 0.0545. The lowest BCUT2D eigenvalue weighted by atomic mass is 10.1. The van der Waals surface area contributed by atoms with E-state index in [1.54, 1.807) is 12.1 Å². The van der Waals surface area contributed by atoms with Gasteiger partial charge in [-0.2, -0.15) is 10.2 Å². The molecule has 0 saturated heterocycles. The van der Waals surface area contributed by atoms with Crippen molar-refractivity contribution in [2.75, 3.05) is 19.6 Å². The van der Waals surface area contributed by atoms with Gasteiger partial charge in [-0.05, 0) is 68.6 Å². The summed E-state index contributed by atoms with van der Waals surface area (Å²) >= 11 is 0. The lowest BCUT2D eigenvalue weighted by Gasteiger charge is -2.07. The van der Waals surface area contributed by atoms with E-state index in [0.717, 1.165) is 50.8 Å². The molecule has 1 amide bonds. The predicted molar refractivity (Wildman–Crippen MR) is 131 cm³/mol. The number of nitrogens with two attached hydrogens (primary N) is 1. The van der Waals surface area contributed by atoms with E-state index in [4.69, 9.17) is 5.73 Å². The average molecular weight is 474 g/mol. The van der Waals surface area contributed by atoms with Crippen molar-refractivity contribution in [3.05, 3.63) is 54.6 Å². The first-order valence-corrected chi connectivity index (χ1v) is 13.0. The Balaban J connectivity index is 1.61. The van der Waals surface area contributed by atoms with Crippen LogP contribution in [-0.4, -0.2) is 34.0 Å². The molecule has 0 heterocycles. The Hall–Kier alpha value is -2.62. The normalized spacial score (nSPS) is 11.7. The van der Waals surface area contributed by atoms with Gasteiger partial charge >= 0.3 is 0 Å². The number of rotatable bonds is 16. The summed E-state index contributed by atoms with van der Waals surface area (Å²) < 4.78 is 27.5. The fourth-order valence-corrected chi connectivity index (χ4v) is 4.19. The third-order valence-corrected chi connectivity index (χ3v) is 6.49. The number of amides is 1.